The van der Waals surface area contributed by atoms with Crippen molar-refractivity contribution in [2.75, 3.05) is 0 Å². The molecule has 7 heteroatoms. The van der Waals surface area contributed by atoms with Gasteiger partial charge in [0.2, 0.25) is 0 Å². The van der Waals surface area contributed by atoms with Crippen molar-refractivity contribution in [2.24, 2.45) is 0 Å². The van der Waals surface area contributed by atoms with Crippen LogP contribution in [0.15, 0.2) is 15.2 Å². The number of rotatable bonds is 4. The van der Waals surface area contributed by atoms with E-state index in [2.05, 4.69) is 31.1 Å². The average molecular weight is 316 g/mol. The Morgan fingerprint density at radius 2 is 2.41 bits per heavy atom. The Morgan fingerprint density at radius 3 is 3.00 bits per heavy atom. The summed E-state index contributed by atoms with van der Waals surface area (Å²) in [5, 5.41) is 10.4. The number of halogens is 1. The molecule has 2 rings (SSSR count). The van der Waals surface area contributed by atoms with Crippen molar-refractivity contribution in [3.05, 3.63) is 32.4 Å². The highest BCUT2D eigenvalue weighted by atomic mass is 79.9. The van der Waals surface area contributed by atoms with Gasteiger partial charge in [0, 0.05) is 9.85 Å². The van der Waals surface area contributed by atoms with Crippen molar-refractivity contribution < 1.29 is 9.53 Å². The monoisotopic (exact) mass is 315 g/mol. The van der Waals surface area contributed by atoms with Gasteiger partial charge in [0.05, 0.1) is 6.42 Å². The summed E-state index contributed by atoms with van der Waals surface area (Å²) in [5.41, 5.74) is 0.936. The van der Waals surface area contributed by atoms with Crippen LogP contribution in [0.4, 0.5) is 0 Å². The molecule has 90 valence electrons. The molecule has 0 aliphatic heterocycles. The lowest BCUT2D eigenvalue weighted by Gasteiger charge is -2.01. The zero-order chi connectivity index (χ0) is 12.3. The first kappa shape index (κ1) is 12.3. The Hall–Kier alpha value is -1.21. The maximum Gasteiger partial charge on any atom is 0.310 e. The maximum atomic E-state index is 11.5. The van der Waals surface area contributed by atoms with Crippen LogP contribution >= 0.6 is 27.3 Å². The van der Waals surface area contributed by atoms with Gasteiger partial charge in [-0.15, -0.1) is 0 Å². The molecule has 2 aromatic heterocycles. The summed E-state index contributed by atoms with van der Waals surface area (Å²) in [7, 11) is 0. The molecule has 0 fully saturated rings. The molecule has 0 aromatic carbocycles. The molecule has 0 aliphatic carbocycles. The number of hydrogen-bond acceptors (Lipinski definition) is 5. The van der Waals surface area contributed by atoms with Crippen LogP contribution in [0.2, 0.25) is 0 Å². The van der Waals surface area contributed by atoms with Gasteiger partial charge in [0.15, 0.2) is 12.4 Å². The molecule has 0 aliphatic rings. The fourth-order valence-electron chi connectivity index (χ4n) is 1.24. The molecule has 0 bridgehead atoms. The summed E-state index contributed by atoms with van der Waals surface area (Å²) in [5.74, 6) is 0.906. The lowest BCUT2D eigenvalue weighted by molar-refractivity contribution is -0.144. The molecule has 0 radical (unpaired) electrons. The van der Waals surface area contributed by atoms with Crippen LogP contribution in [-0.2, 0) is 22.6 Å². The Balaban J connectivity index is 1.84. The molecule has 1 N–H and O–H groups in total. The van der Waals surface area contributed by atoms with Gasteiger partial charge in [-0.3, -0.25) is 9.89 Å². The predicted molar refractivity (Wildman–Crippen MR) is 66.6 cm³/mol. The van der Waals surface area contributed by atoms with Crippen LogP contribution < -0.4 is 0 Å². The summed E-state index contributed by atoms with van der Waals surface area (Å²) in [6.45, 7) is 1.89. The molecular formula is C10H10BrN3O2S. The van der Waals surface area contributed by atoms with Crippen molar-refractivity contribution in [3.63, 3.8) is 0 Å². The number of hydrogen-bond donors (Lipinski definition) is 1. The molecule has 0 saturated carbocycles. The number of esters is 1. The first-order valence-corrected chi connectivity index (χ1v) is 6.63. The molecule has 2 aromatic rings. The third kappa shape index (κ3) is 3.37. The molecule has 0 amide bonds. The SMILES string of the molecule is Cc1nc(COC(=O)Cc2cscc2Br)n[nH]1. The lowest BCUT2D eigenvalue weighted by atomic mass is 10.2. The fourth-order valence-corrected chi connectivity index (χ4v) is 2.68. The maximum absolute atomic E-state index is 11.5. The van der Waals surface area contributed by atoms with E-state index in [1.54, 1.807) is 18.3 Å². The lowest BCUT2D eigenvalue weighted by Crippen LogP contribution is -2.08. The highest BCUT2D eigenvalue weighted by molar-refractivity contribution is 9.10. The average Bonchev–Trinajstić information content (AvgIpc) is 2.86. The van der Waals surface area contributed by atoms with Gasteiger partial charge < -0.3 is 4.74 Å². The van der Waals surface area contributed by atoms with Crippen molar-refractivity contribution in [2.45, 2.75) is 20.0 Å². The van der Waals surface area contributed by atoms with Crippen molar-refractivity contribution in [3.8, 4) is 0 Å². The second-order valence-electron chi connectivity index (χ2n) is 3.42. The molecule has 2 heterocycles. The Kier molecular flexibility index (Phi) is 3.90. The summed E-state index contributed by atoms with van der Waals surface area (Å²) in [6.07, 6.45) is 0.257. The van der Waals surface area contributed by atoms with Gasteiger partial charge in [0.25, 0.3) is 0 Å². The number of carbonyl (C=O) groups excluding carboxylic acids is 1. The van der Waals surface area contributed by atoms with E-state index < -0.39 is 0 Å². The number of carbonyl (C=O) groups is 1. The van der Waals surface area contributed by atoms with Crippen LogP contribution in [0.25, 0.3) is 0 Å². The minimum Gasteiger partial charge on any atom is -0.457 e. The fraction of sp³-hybridized carbons (Fsp3) is 0.300. The number of ether oxygens (including phenoxy) is 1. The van der Waals surface area contributed by atoms with Gasteiger partial charge in [-0.05, 0) is 33.8 Å². The molecule has 17 heavy (non-hydrogen) atoms. The van der Waals surface area contributed by atoms with E-state index in [-0.39, 0.29) is 19.0 Å². The van der Waals surface area contributed by atoms with E-state index in [0.29, 0.717) is 11.6 Å². The van der Waals surface area contributed by atoms with Crippen LogP contribution in [0.5, 0.6) is 0 Å². The number of aryl methyl sites for hydroxylation is 1. The topological polar surface area (TPSA) is 67.9 Å². The van der Waals surface area contributed by atoms with E-state index in [1.165, 1.54) is 0 Å². The normalized spacial score (nSPS) is 10.5. The highest BCUT2D eigenvalue weighted by Gasteiger charge is 2.10. The quantitative estimate of drug-likeness (QED) is 0.878. The molecule has 0 spiro atoms. The Labute approximate surface area is 110 Å². The molecule has 0 saturated heterocycles. The number of nitrogens with zero attached hydrogens (tertiary/aromatic N) is 2. The summed E-state index contributed by atoms with van der Waals surface area (Å²) in [6, 6.07) is 0. The number of aromatic nitrogens is 3. The van der Waals surface area contributed by atoms with E-state index in [4.69, 9.17) is 4.74 Å². The third-order valence-corrected chi connectivity index (χ3v) is 3.86. The molecule has 5 nitrogen and oxygen atoms in total. The zero-order valence-corrected chi connectivity index (χ0v) is 11.5. The van der Waals surface area contributed by atoms with Crippen molar-refractivity contribution in [1.29, 1.82) is 0 Å². The molecule has 0 unspecified atom stereocenters. The smallest absolute Gasteiger partial charge is 0.310 e. The van der Waals surface area contributed by atoms with Gasteiger partial charge >= 0.3 is 5.97 Å². The van der Waals surface area contributed by atoms with Crippen molar-refractivity contribution >= 4 is 33.2 Å². The summed E-state index contributed by atoms with van der Waals surface area (Å²) in [4.78, 5) is 15.6. The summed E-state index contributed by atoms with van der Waals surface area (Å²) >= 11 is 4.91. The predicted octanol–water partition coefficient (Wildman–Crippen LogP) is 2.22. The van der Waals surface area contributed by atoms with Gasteiger partial charge in [0.1, 0.15) is 5.82 Å². The van der Waals surface area contributed by atoms with Gasteiger partial charge in [-0.2, -0.15) is 16.4 Å². The van der Waals surface area contributed by atoms with E-state index in [0.717, 1.165) is 10.0 Å². The second-order valence-corrected chi connectivity index (χ2v) is 5.02. The van der Waals surface area contributed by atoms with Gasteiger partial charge in [-0.25, -0.2) is 4.98 Å². The van der Waals surface area contributed by atoms with Crippen molar-refractivity contribution in [1.82, 2.24) is 15.2 Å². The van der Waals surface area contributed by atoms with E-state index >= 15 is 0 Å². The third-order valence-electron chi connectivity index (χ3n) is 2.03. The van der Waals surface area contributed by atoms with Crippen LogP contribution in [0.1, 0.15) is 17.2 Å². The number of aromatic amines is 1. The molecule has 0 atom stereocenters. The first-order chi connectivity index (χ1) is 8.15. The Bertz CT molecular complexity index is 523. The second kappa shape index (κ2) is 5.42. The Morgan fingerprint density at radius 1 is 1.59 bits per heavy atom. The van der Waals surface area contributed by atoms with Crippen LogP contribution in [0, 0.1) is 6.92 Å². The molecular weight excluding hydrogens is 306 g/mol. The first-order valence-electron chi connectivity index (χ1n) is 4.89. The summed E-state index contributed by atoms with van der Waals surface area (Å²) < 4.78 is 6.01. The minimum atomic E-state index is -0.286. The minimum absolute atomic E-state index is 0.102. The van der Waals surface area contributed by atoms with Crippen LogP contribution in [-0.4, -0.2) is 21.2 Å². The van der Waals surface area contributed by atoms with Crippen LogP contribution in [0.3, 0.4) is 0 Å². The number of thiophene rings is 1. The standard InChI is InChI=1S/C10H10BrN3O2S/c1-6-12-9(14-13-6)3-16-10(15)2-7-4-17-5-8(7)11/h4-5H,2-3H2,1H3,(H,12,13,14). The van der Waals surface area contributed by atoms with E-state index in [9.17, 15) is 4.79 Å². The van der Waals surface area contributed by atoms with E-state index in [1.807, 2.05) is 10.8 Å². The zero-order valence-electron chi connectivity index (χ0n) is 9.07. The number of H-pyrrole nitrogens is 1. The van der Waals surface area contributed by atoms with Gasteiger partial charge in [-0.1, -0.05) is 0 Å². The number of nitrogens with one attached hydrogen (secondary N) is 1. The largest absolute Gasteiger partial charge is 0.457 e. The highest BCUT2D eigenvalue weighted by Crippen LogP contribution is 2.21.